The van der Waals surface area contributed by atoms with Crippen molar-refractivity contribution in [2.75, 3.05) is 46.5 Å². The molecule has 6 rings (SSSR count). The quantitative estimate of drug-likeness (QED) is 0.414. The van der Waals surface area contributed by atoms with Crippen molar-refractivity contribution in [1.29, 1.82) is 0 Å². The summed E-state index contributed by atoms with van der Waals surface area (Å²) >= 11 is 0. The predicted octanol–water partition coefficient (Wildman–Crippen LogP) is 4.73. The highest BCUT2D eigenvalue weighted by Gasteiger charge is 2.30. The lowest BCUT2D eigenvalue weighted by atomic mass is 9.96. The van der Waals surface area contributed by atoms with Gasteiger partial charge in [-0.1, -0.05) is 48.5 Å². The number of carbonyl (C=O) groups is 1. The van der Waals surface area contributed by atoms with Crippen molar-refractivity contribution in [3.63, 3.8) is 0 Å². The van der Waals surface area contributed by atoms with E-state index in [1.165, 1.54) is 0 Å². The van der Waals surface area contributed by atoms with Crippen LogP contribution in [-0.4, -0.2) is 73.2 Å². The summed E-state index contributed by atoms with van der Waals surface area (Å²) in [6, 6.07) is 27.1. The van der Waals surface area contributed by atoms with E-state index in [1.54, 1.807) is 7.11 Å². The number of methoxy groups -OCH3 is 1. The summed E-state index contributed by atoms with van der Waals surface area (Å²) in [6.07, 6.45) is 0. The Labute approximate surface area is 211 Å². The molecular formula is C30H29N3O3. The predicted molar refractivity (Wildman–Crippen MR) is 141 cm³/mol. The van der Waals surface area contributed by atoms with Gasteiger partial charge in [-0.3, -0.25) is 9.69 Å². The van der Waals surface area contributed by atoms with Crippen LogP contribution in [0.2, 0.25) is 0 Å². The second-order valence-electron chi connectivity index (χ2n) is 9.41. The Morgan fingerprint density at radius 3 is 2.33 bits per heavy atom. The largest absolute Gasteiger partial charge is 0.481 e. The van der Waals surface area contributed by atoms with Crippen molar-refractivity contribution in [2.24, 2.45) is 0 Å². The second kappa shape index (κ2) is 9.72. The molecule has 2 fully saturated rings. The average molecular weight is 480 g/mol. The van der Waals surface area contributed by atoms with Crippen LogP contribution in [0.5, 0.6) is 5.88 Å². The molecule has 182 valence electrons. The van der Waals surface area contributed by atoms with Crippen LogP contribution in [-0.2, 0) is 4.74 Å². The van der Waals surface area contributed by atoms with Crippen LogP contribution >= 0.6 is 0 Å². The molecule has 2 aliphatic rings. The molecule has 0 unspecified atom stereocenters. The number of carbonyl (C=O) groups excluding carboxylic acids is 1. The number of pyridine rings is 1. The van der Waals surface area contributed by atoms with Crippen molar-refractivity contribution < 1.29 is 14.3 Å². The first-order valence-electron chi connectivity index (χ1n) is 12.5. The van der Waals surface area contributed by atoms with Gasteiger partial charge in [0, 0.05) is 43.2 Å². The fourth-order valence-electron chi connectivity index (χ4n) is 5.08. The minimum Gasteiger partial charge on any atom is -0.481 e. The van der Waals surface area contributed by atoms with E-state index in [1.807, 2.05) is 47.4 Å². The van der Waals surface area contributed by atoms with E-state index in [0.717, 1.165) is 72.5 Å². The molecule has 4 aromatic rings. The molecule has 36 heavy (non-hydrogen) atoms. The summed E-state index contributed by atoms with van der Waals surface area (Å²) in [5, 5.41) is 0.942. The Balaban J connectivity index is 1.34. The molecule has 0 bridgehead atoms. The minimum absolute atomic E-state index is 0.0706. The molecule has 2 saturated heterocycles. The van der Waals surface area contributed by atoms with Crippen molar-refractivity contribution in [2.45, 2.75) is 6.04 Å². The van der Waals surface area contributed by atoms with Gasteiger partial charge in [0.05, 0.1) is 31.9 Å². The minimum atomic E-state index is 0.0706. The van der Waals surface area contributed by atoms with Gasteiger partial charge in [-0.25, -0.2) is 4.98 Å². The van der Waals surface area contributed by atoms with Crippen LogP contribution in [0.1, 0.15) is 10.4 Å². The van der Waals surface area contributed by atoms with Crippen molar-refractivity contribution in [3.05, 3.63) is 84.4 Å². The van der Waals surface area contributed by atoms with E-state index >= 15 is 0 Å². The lowest BCUT2D eigenvalue weighted by Gasteiger charge is -2.42. The molecule has 1 amide bonds. The fraction of sp³-hybridized carbons (Fsp3) is 0.267. The monoisotopic (exact) mass is 479 g/mol. The summed E-state index contributed by atoms with van der Waals surface area (Å²) in [6.45, 7) is 4.88. The molecule has 0 N–H and O–H groups in total. The Hall–Kier alpha value is -3.74. The van der Waals surface area contributed by atoms with Crippen molar-refractivity contribution in [3.8, 4) is 28.1 Å². The standard InChI is InChI=1S/C30H29N3O3/c1-35-29-18-26(23-9-5-8-22(16-23)21-6-3-2-4-7-21)27-17-24(10-11-28(27)31-29)30(34)33-14-12-32(13-15-33)25-19-36-20-25/h2-11,16-18,25H,12-15,19-20H2,1H3. The maximum Gasteiger partial charge on any atom is 0.253 e. The molecule has 2 aliphatic heterocycles. The number of aromatic nitrogens is 1. The number of hydrogen-bond donors (Lipinski definition) is 0. The number of ether oxygens (including phenoxy) is 2. The van der Waals surface area contributed by atoms with E-state index in [0.29, 0.717) is 17.5 Å². The Bertz CT molecular complexity index is 1390. The molecule has 6 nitrogen and oxygen atoms in total. The number of nitrogens with zero attached hydrogens (tertiary/aromatic N) is 3. The van der Waals surface area contributed by atoms with Crippen LogP contribution in [0.3, 0.4) is 0 Å². The zero-order valence-electron chi connectivity index (χ0n) is 20.4. The lowest BCUT2D eigenvalue weighted by Crippen LogP contribution is -2.57. The Morgan fingerprint density at radius 1 is 0.861 bits per heavy atom. The van der Waals surface area contributed by atoms with Crippen LogP contribution in [0, 0.1) is 0 Å². The van der Waals surface area contributed by atoms with Gasteiger partial charge in [0.1, 0.15) is 0 Å². The first-order valence-corrected chi connectivity index (χ1v) is 12.5. The number of piperazine rings is 1. The third-order valence-corrected chi connectivity index (χ3v) is 7.26. The lowest BCUT2D eigenvalue weighted by molar-refractivity contribution is -0.0746. The maximum absolute atomic E-state index is 13.5. The molecule has 0 aliphatic carbocycles. The summed E-state index contributed by atoms with van der Waals surface area (Å²) in [7, 11) is 1.63. The van der Waals surface area contributed by atoms with Gasteiger partial charge in [-0.05, 0) is 46.5 Å². The number of amides is 1. The number of rotatable bonds is 5. The molecule has 6 heteroatoms. The number of fused-ring (bicyclic) bond motifs is 1. The van der Waals surface area contributed by atoms with E-state index in [4.69, 9.17) is 9.47 Å². The molecule has 0 radical (unpaired) electrons. The zero-order valence-corrected chi connectivity index (χ0v) is 20.4. The number of benzene rings is 3. The normalized spacial score (nSPS) is 16.6. The fourth-order valence-corrected chi connectivity index (χ4v) is 5.08. The summed E-state index contributed by atoms with van der Waals surface area (Å²) in [4.78, 5) is 22.5. The molecule has 0 spiro atoms. The first kappa shape index (κ1) is 22.7. The summed E-state index contributed by atoms with van der Waals surface area (Å²) in [5.41, 5.74) is 5.85. The van der Waals surface area contributed by atoms with Gasteiger partial charge in [0.2, 0.25) is 5.88 Å². The van der Waals surface area contributed by atoms with Crippen LogP contribution in [0.4, 0.5) is 0 Å². The van der Waals surface area contributed by atoms with Gasteiger partial charge >= 0.3 is 0 Å². The molecule has 3 heterocycles. The van der Waals surface area contributed by atoms with Gasteiger partial charge in [-0.15, -0.1) is 0 Å². The van der Waals surface area contributed by atoms with Gasteiger partial charge in [0.25, 0.3) is 5.91 Å². The third kappa shape index (κ3) is 4.34. The Morgan fingerprint density at radius 2 is 1.61 bits per heavy atom. The highest BCUT2D eigenvalue weighted by molar-refractivity contribution is 6.02. The number of hydrogen-bond acceptors (Lipinski definition) is 5. The molecular weight excluding hydrogens is 450 g/mol. The molecule has 0 atom stereocenters. The maximum atomic E-state index is 13.5. The second-order valence-corrected chi connectivity index (χ2v) is 9.41. The summed E-state index contributed by atoms with van der Waals surface area (Å²) in [5.74, 6) is 0.624. The van der Waals surface area contributed by atoms with Gasteiger partial charge < -0.3 is 14.4 Å². The average Bonchev–Trinajstić information content (AvgIpc) is 2.92. The molecule has 0 saturated carbocycles. The smallest absolute Gasteiger partial charge is 0.253 e. The van der Waals surface area contributed by atoms with E-state index in [2.05, 4.69) is 46.3 Å². The third-order valence-electron chi connectivity index (χ3n) is 7.26. The van der Waals surface area contributed by atoms with Crippen LogP contribution < -0.4 is 4.74 Å². The molecule has 1 aromatic heterocycles. The van der Waals surface area contributed by atoms with E-state index in [-0.39, 0.29) is 5.91 Å². The van der Waals surface area contributed by atoms with Gasteiger partial charge in [0.15, 0.2) is 0 Å². The SMILES string of the molecule is COc1cc(-c2cccc(-c3ccccc3)c2)c2cc(C(=O)N3CCN(C4COC4)CC3)ccc2n1. The van der Waals surface area contributed by atoms with Crippen LogP contribution in [0.25, 0.3) is 33.2 Å². The Kier molecular flexibility index (Phi) is 6.13. The van der Waals surface area contributed by atoms with Crippen molar-refractivity contribution in [1.82, 2.24) is 14.8 Å². The topological polar surface area (TPSA) is 54.9 Å². The first-order chi connectivity index (χ1) is 17.7. The molecule has 3 aromatic carbocycles. The van der Waals surface area contributed by atoms with Crippen LogP contribution in [0.15, 0.2) is 78.9 Å². The van der Waals surface area contributed by atoms with E-state index in [9.17, 15) is 4.79 Å². The highest BCUT2D eigenvalue weighted by atomic mass is 16.5. The summed E-state index contributed by atoms with van der Waals surface area (Å²) < 4.78 is 10.8. The van der Waals surface area contributed by atoms with Gasteiger partial charge in [-0.2, -0.15) is 0 Å². The van der Waals surface area contributed by atoms with E-state index < -0.39 is 0 Å². The zero-order chi connectivity index (χ0) is 24.5. The van der Waals surface area contributed by atoms with Crippen molar-refractivity contribution >= 4 is 16.8 Å². The highest BCUT2D eigenvalue weighted by Crippen LogP contribution is 2.34.